The van der Waals surface area contributed by atoms with E-state index in [1.54, 1.807) is 36.2 Å². The average molecular weight is 365 g/mol. The number of nitrogens with zero attached hydrogens (tertiary/aromatic N) is 3. The molecule has 6 heteroatoms. The molecule has 0 N–H and O–H groups in total. The fourth-order valence-corrected chi connectivity index (χ4v) is 3.30. The number of benzene rings is 2. The predicted octanol–water partition coefficient (Wildman–Crippen LogP) is 4.02. The number of carbonyl (C=O) groups excluding carboxylic acids is 1. The summed E-state index contributed by atoms with van der Waals surface area (Å²) >= 11 is 1.39. The van der Waals surface area contributed by atoms with Crippen LogP contribution in [0.1, 0.15) is 16.8 Å². The first kappa shape index (κ1) is 17.8. The third-order valence-corrected chi connectivity index (χ3v) is 4.82. The van der Waals surface area contributed by atoms with Crippen molar-refractivity contribution in [2.75, 3.05) is 7.05 Å². The molecule has 0 radical (unpaired) electrons. The zero-order valence-electron chi connectivity index (χ0n) is 14.1. The van der Waals surface area contributed by atoms with E-state index in [0.29, 0.717) is 28.4 Å². The van der Waals surface area contributed by atoms with Crippen LogP contribution < -0.4 is 0 Å². The molecule has 26 heavy (non-hydrogen) atoms. The molecule has 3 rings (SSSR count). The van der Waals surface area contributed by atoms with Crippen molar-refractivity contribution in [2.45, 2.75) is 13.0 Å². The van der Waals surface area contributed by atoms with Crippen LogP contribution in [0.3, 0.4) is 0 Å². The molecular weight excluding hydrogens is 349 g/mol. The summed E-state index contributed by atoms with van der Waals surface area (Å²) in [6.45, 7) is 0.464. The fourth-order valence-electron chi connectivity index (χ4n) is 2.48. The molecule has 0 atom stereocenters. The second-order valence-electron chi connectivity index (χ2n) is 5.89. The zero-order valence-corrected chi connectivity index (χ0v) is 15.0. The Morgan fingerprint density at radius 2 is 2.04 bits per heavy atom. The van der Waals surface area contributed by atoms with Gasteiger partial charge in [-0.3, -0.25) is 4.79 Å². The van der Waals surface area contributed by atoms with Crippen molar-refractivity contribution in [1.29, 1.82) is 5.26 Å². The molecule has 0 bridgehead atoms. The van der Waals surface area contributed by atoms with E-state index < -0.39 is 0 Å². The topological polar surface area (TPSA) is 57.0 Å². The Labute approximate surface area is 155 Å². The molecule has 130 valence electrons. The first-order chi connectivity index (χ1) is 12.5. The smallest absolute Gasteiger partial charge is 0.228 e. The van der Waals surface area contributed by atoms with Crippen molar-refractivity contribution >= 4 is 17.2 Å². The lowest BCUT2D eigenvalue weighted by molar-refractivity contribution is -0.129. The van der Waals surface area contributed by atoms with Crippen LogP contribution in [0.4, 0.5) is 4.39 Å². The van der Waals surface area contributed by atoms with E-state index in [1.165, 1.54) is 23.5 Å². The Kier molecular flexibility index (Phi) is 5.40. The van der Waals surface area contributed by atoms with Crippen molar-refractivity contribution in [1.82, 2.24) is 9.88 Å². The Morgan fingerprint density at radius 3 is 2.73 bits per heavy atom. The van der Waals surface area contributed by atoms with Gasteiger partial charge in [0, 0.05) is 24.5 Å². The highest BCUT2D eigenvalue weighted by atomic mass is 32.1. The van der Waals surface area contributed by atoms with Crippen molar-refractivity contribution in [3.05, 3.63) is 76.5 Å². The van der Waals surface area contributed by atoms with Gasteiger partial charge in [0.1, 0.15) is 10.8 Å². The maximum Gasteiger partial charge on any atom is 0.228 e. The van der Waals surface area contributed by atoms with Crippen molar-refractivity contribution in [3.8, 4) is 16.6 Å². The molecule has 0 unspecified atom stereocenters. The number of carbonyl (C=O) groups is 1. The lowest BCUT2D eigenvalue weighted by atomic mass is 10.1. The Balaban J connectivity index is 1.63. The number of halogens is 1. The molecule has 0 aliphatic carbocycles. The SMILES string of the molecule is CN(Cc1ccc(C#N)cc1)C(=O)Cc1csc(-c2cccc(F)c2)n1. The Bertz CT molecular complexity index is 960. The number of likely N-dealkylation sites (N-methyl/N-ethyl adjacent to an activating group) is 1. The molecule has 3 aromatic rings. The third kappa shape index (κ3) is 4.32. The number of hydrogen-bond acceptors (Lipinski definition) is 4. The molecule has 0 aliphatic rings. The summed E-state index contributed by atoms with van der Waals surface area (Å²) in [5.74, 6) is -0.358. The molecule has 4 nitrogen and oxygen atoms in total. The average Bonchev–Trinajstić information content (AvgIpc) is 3.11. The van der Waals surface area contributed by atoms with Gasteiger partial charge in [-0.2, -0.15) is 5.26 Å². The van der Waals surface area contributed by atoms with Gasteiger partial charge in [-0.25, -0.2) is 9.37 Å². The van der Waals surface area contributed by atoms with E-state index in [4.69, 9.17) is 5.26 Å². The van der Waals surface area contributed by atoms with E-state index in [2.05, 4.69) is 11.1 Å². The summed E-state index contributed by atoms with van der Waals surface area (Å²) < 4.78 is 13.3. The van der Waals surface area contributed by atoms with Gasteiger partial charge in [0.15, 0.2) is 0 Å². The van der Waals surface area contributed by atoms with Crippen molar-refractivity contribution in [3.63, 3.8) is 0 Å². The maximum atomic E-state index is 13.3. The fraction of sp³-hybridized carbons (Fsp3) is 0.150. The van der Waals surface area contributed by atoms with Crippen LogP contribution in [-0.4, -0.2) is 22.8 Å². The minimum Gasteiger partial charge on any atom is -0.341 e. The molecule has 0 fully saturated rings. The number of nitriles is 1. The van der Waals surface area contributed by atoms with Crippen LogP contribution >= 0.6 is 11.3 Å². The van der Waals surface area contributed by atoms with Crippen molar-refractivity contribution < 1.29 is 9.18 Å². The lowest BCUT2D eigenvalue weighted by Gasteiger charge is -2.16. The van der Waals surface area contributed by atoms with Crippen LogP contribution in [-0.2, 0) is 17.8 Å². The van der Waals surface area contributed by atoms with Crippen LogP contribution in [0.5, 0.6) is 0 Å². The van der Waals surface area contributed by atoms with Gasteiger partial charge in [-0.05, 0) is 29.8 Å². The molecule has 1 aromatic heterocycles. The van der Waals surface area contributed by atoms with Crippen LogP contribution in [0.25, 0.3) is 10.6 Å². The minimum absolute atomic E-state index is 0.0505. The number of rotatable bonds is 5. The highest BCUT2D eigenvalue weighted by Crippen LogP contribution is 2.24. The second-order valence-corrected chi connectivity index (χ2v) is 6.75. The summed E-state index contributed by atoms with van der Waals surface area (Å²) in [6, 6.07) is 15.5. The molecule has 0 saturated heterocycles. The standard InChI is InChI=1S/C20H16FN3OS/c1-24(12-15-7-5-14(11-22)6-8-15)19(25)10-18-13-26-20(23-18)16-3-2-4-17(21)9-16/h2-9,13H,10,12H2,1H3. The van der Waals surface area contributed by atoms with Gasteiger partial charge in [-0.15, -0.1) is 11.3 Å². The predicted molar refractivity (Wildman–Crippen MR) is 98.8 cm³/mol. The van der Waals surface area contributed by atoms with E-state index >= 15 is 0 Å². The summed E-state index contributed by atoms with van der Waals surface area (Å²) in [4.78, 5) is 18.5. The van der Waals surface area contributed by atoms with E-state index in [0.717, 1.165) is 5.56 Å². The van der Waals surface area contributed by atoms with Gasteiger partial charge in [-0.1, -0.05) is 24.3 Å². The zero-order chi connectivity index (χ0) is 18.5. The van der Waals surface area contributed by atoms with Gasteiger partial charge >= 0.3 is 0 Å². The van der Waals surface area contributed by atoms with Crippen LogP contribution in [0, 0.1) is 17.1 Å². The molecule has 2 aromatic carbocycles. The highest BCUT2D eigenvalue weighted by molar-refractivity contribution is 7.13. The van der Waals surface area contributed by atoms with Crippen LogP contribution in [0.15, 0.2) is 53.9 Å². The number of thiazole rings is 1. The van der Waals surface area contributed by atoms with Gasteiger partial charge in [0.05, 0.1) is 23.7 Å². The summed E-state index contributed by atoms with van der Waals surface area (Å²) in [5.41, 5.74) is 2.93. The first-order valence-corrected chi connectivity index (χ1v) is 8.86. The van der Waals surface area contributed by atoms with Gasteiger partial charge < -0.3 is 4.90 Å². The summed E-state index contributed by atoms with van der Waals surface area (Å²) in [7, 11) is 1.74. The number of hydrogen-bond donors (Lipinski definition) is 0. The van der Waals surface area contributed by atoms with Crippen molar-refractivity contribution in [2.24, 2.45) is 0 Å². The van der Waals surface area contributed by atoms with Crippen LogP contribution in [0.2, 0.25) is 0 Å². The lowest BCUT2D eigenvalue weighted by Crippen LogP contribution is -2.27. The molecule has 1 amide bonds. The molecule has 0 saturated carbocycles. The second kappa shape index (κ2) is 7.89. The van der Waals surface area contributed by atoms with E-state index in [9.17, 15) is 9.18 Å². The summed E-state index contributed by atoms with van der Waals surface area (Å²) in [5, 5.41) is 11.3. The molecular formula is C20H16FN3OS. The van der Waals surface area contributed by atoms with Gasteiger partial charge in [0.25, 0.3) is 0 Å². The molecule has 0 aliphatic heterocycles. The summed E-state index contributed by atoms with van der Waals surface area (Å²) in [6.07, 6.45) is 0.193. The van der Waals surface area contributed by atoms with Gasteiger partial charge in [0.2, 0.25) is 5.91 Å². The first-order valence-electron chi connectivity index (χ1n) is 7.98. The quantitative estimate of drug-likeness (QED) is 0.686. The van der Waals surface area contributed by atoms with E-state index in [1.807, 2.05) is 17.5 Å². The molecule has 0 spiro atoms. The number of amides is 1. The maximum absolute atomic E-state index is 13.3. The minimum atomic E-state index is -0.308. The normalized spacial score (nSPS) is 10.3. The van der Waals surface area contributed by atoms with E-state index in [-0.39, 0.29) is 18.1 Å². The largest absolute Gasteiger partial charge is 0.341 e. The highest BCUT2D eigenvalue weighted by Gasteiger charge is 2.13. The Hall–Kier alpha value is -3.04. The molecule has 1 heterocycles. The Morgan fingerprint density at radius 1 is 1.27 bits per heavy atom. The number of aromatic nitrogens is 1. The monoisotopic (exact) mass is 365 g/mol. The third-order valence-electron chi connectivity index (χ3n) is 3.88.